The van der Waals surface area contributed by atoms with Crippen LogP contribution in [0.3, 0.4) is 0 Å². The highest BCUT2D eigenvalue weighted by Gasteiger charge is 2.32. The van der Waals surface area contributed by atoms with Crippen molar-refractivity contribution in [1.29, 1.82) is 0 Å². The second kappa shape index (κ2) is 9.75. The van der Waals surface area contributed by atoms with Gasteiger partial charge in [0.1, 0.15) is 0 Å². The molecule has 0 aromatic heterocycles. The second-order valence-electron chi connectivity index (χ2n) is 9.08. The summed E-state index contributed by atoms with van der Waals surface area (Å²) in [4.78, 5) is 29.7. The Morgan fingerprint density at radius 2 is 1.79 bits per heavy atom. The van der Waals surface area contributed by atoms with Gasteiger partial charge in [-0.05, 0) is 43.2 Å². The van der Waals surface area contributed by atoms with E-state index in [1.54, 1.807) is 0 Å². The molecule has 2 fully saturated rings. The number of hydrogen-bond acceptors (Lipinski definition) is 3. The Morgan fingerprint density at radius 3 is 2.48 bits per heavy atom. The van der Waals surface area contributed by atoms with Gasteiger partial charge >= 0.3 is 0 Å². The van der Waals surface area contributed by atoms with Gasteiger partial charge in [0.25, 0.3) is 0 Å². The van der Waals surface area contributed by atoms with Gasteiger partial charge in [-0.25, -0.2) is 0 Å². The number of aryl methyl sites for hydroxylation is 1. The van der Waals surface area contributed by atoms with Crippen LogP contribution in [0.15, 0.2) is 24.3 Å². The Bertz CT molecular complexity index is 712. The molecule has 1 N–H and O–H groups in total. The van der Waals surface area contributed by atoms with E-state index in [2.05, 4.69) is 37.1 Å². The van der Waals surface area contributed by atoms with Gasteiger partial charge in [0.05, 0.1) is 12.5 Å². The van der Waals surface area contributed by atoms with Crippen molar-refractivity contribution < 1.29 is 9.59 Å². The minimum absolute atomic E-state index is 0.135. The normalized spacial score (nSPS) is 26.8. The molecular formula is C24H37N3O2. The highest BCUT2D eigenvalue weighted by atomic mass is 16.2. The van der Waals surface area contributed by atoms with Gasteiger partial charge in [-0.15, -0.1) is 0 Å². The van der Waals surface area contributed by atoms with Gasteiger partial charge < -0.3 is 10.2 Å². The molecule has 2 aliphatic rings. The van der Waals surface area contributed by atoms with Crippen LogP contribution < -0.4 is 5.32 Å². The van der Waals surface area contributed by atoms with Crippen LogP contribution in [-0.4, -0.2) is 59.9 Å². The summed E-state index contributed by atoms with van der Waals surface area (Å²) in [5.41, 5.74) is 2.26. The standard InChI is InChI=1S/C24H37N3O2/c1-17-9-7-11-22(19(17)3)25-24(29)20(4)26-12-14-27(15-13-26)23(28)16-21-10-6-5-8-18(21)2/h5-6,8,10,17,19-20,22H,7,9,11-16H2,1-4H3,(H,25,29). The van der Waals surface area contributed by atoms with E-state index in [0.717, 1.165) is 30.6 Å². The molecule has 1 aromatic carbocycles. The van der Waals surface area contributed by atoms with Crippen molar-refractivity contribution in [2.45, 2.75) is 65.5 Å². The molecule has 4 atom stereocenters. The SMILES string of the molecule is Cc1ccccc1CC(=O)N1CCN(C(C)C(=O)NC2CCCC(C)C2C)CC1. The van der Waals surface area contributed by atoms with Gasteiger partial charge in [-0.1, -0.05) is 51.0 Å². The number of rotatable bonds is 5. The van der Waals surface area contributed by atoms with Crippen molar-refractivity contribution in [3.8, 4) is 0 Å². The number of carbonyl (C=O) groups excluding carboxylic acids is 2. The molecule has 1 aliphatic heterocycles. The number of nitrogens with zero attached hydrogens (tertiary/aromatic N) is 2. The van der Waals surface area contributed by atoms with E-state index >= 15 is 0 Å². The van der Waals surface area contributed by atoms with E-state index in [-0.39, 0.29) is 17.9 Å². The van der Waals surface area contributed by atoms with Crippen LogP contribution in [0.25, 0.3) is 0 Å². The molecule has 29 heavy (non-hydrogen) atoms. The zero-order valence-electron chi connectivity index (χ0n) is 18.5. The van der Waals surface area contributed by atoms with Gasteiger partial charge in [0.2, 0.25) is 11.8 Å². The van der Waals surface area contributed by atoms with Crippen LogP contribution >= 0.6 is 0 Å². The summed E-state index contributed by atoms with van der Waals surface area (Å²) in [5.74, 6) is 1.53. The molecular weight excluding hydrogens is 362 g/mol. The monoisotopic (exact) mass is 399 g/mol. The molecule has 2 amide bonds. The van der Waals surface area contributed by atoms with Crippen molar-refractivity contribution in [2.75, 3.05) is 26.2 Å². The van der Waals surface area contributed by atoms with Crippen LogP contribution in [0.2, 0.25) is 0 Å². The third-order valence-corrected chi connectivity index (χ3v) is 7.23. The number of carbonyl (C=O) groups is 2. The molecule has 1 heterocycles. The maximum Gasteiger partial charge on any atom is 0.237 e. The third-order valence-electron chi connectivity index (χ3n) is 7.23. The average Bonchev–Trinajstić information content (AvgIpc) is 2.72. The Hall–Kier alpha value is -1.88. The Kier molecular flexibility index (Phi) is 7.33. The molecule has 160 valence electrons. The smallest absolute Gasteiger partial charge is 0.237 e. The van der Waals surface area contributed by atoms with E-state index in [9.17, 15) is 9.59 Å². The largest absolute Gasteiger partial charge is 0.352 e. The highest BCUT2D eigenvalue weighted by Crippen LogP contribution is 2.29. The van der Waals surface area contributed by atoms with Crippen LogP contribution in [0.5, 0.6) is 0 Å². The topological polar surface area (TPSA) is 52.7 Å². The van der Waals surface area contributed by atoms with Crippen molar-refractivity contribution in [1.82, 2.24) is 15.1 Å². The number of piperazine rings is 1. The minimum Gasteiger partial charge on any atom is -0.352 e. The van der Waals surface area contributed by atoms with E-state index in [1.807, 2.05) is 30.0 Å². The number of nitrogens with one attached hydrogen (secondary N) is 1. The van der Waals surface area contributed by atoms with E-state index < -0.39 is 0 Å². The van der Waals surface area contributed by atoms with Crippen LogP contribution in [0, 0.1) is 18.8 Å². The first-order valence-electron chi connectivity index (χ1n) is 11.2. The summed E-state index contributed by atoms with van der Waals surface area (Å²) >= 11 is 0. The average molecular weight is 400 g/mol. The second-order valence-corrected chi connectivity index (χ2v) is 9.08. The molecule has 5 nitrogen and oxygen atoms in total. The molecule has 0 radical (unpaired) electrons. The Balaban J connectivity index is 1.47. The first-order valence-corrected chi connectivity index (χ1v) is 11.2. The van der Waals surface area contributed by atoms with E-state index in [0.29, 0.717) is 37.4 Å². The summed E-state index contributed by atoms with van der Waals surface area (Å²) in [6.07, 6.45) is 4.01. The zero-order chi connectivity index (χ0) is 21.0. The molecule has 4 unspecified atom stereocenters. The van der Waals surface area contributed by atoms with Crippen molar-refractivity contribution in [3.63, 3.8) is 0 Å². The lowest BCUT2D eigenvalue weighted by atomic mass is 9.78. The third kappa shape index (κ3) is 5.39. The molecule has 1 aromatic rings. The summed E-state index contributed by atoms with van der Waals surface area (Å²) in [5, 5.41) is 3.31. The molecule has 3 rings (SSSR count). The Labute approximate surface area is 175 Å². The maximum atomic E-state index is 12.8. The number of hydrogen-bond donors (Lipinski definition) is 1. The quantitative estimate of drug-likeness (QED) is 0.828. The van der Waals surface area contributed by atoms with Crippen LogP contribution in [-0.2, 0) is 16.0 Å². The summed E-state index contributed by atoms with van der Waals surface area (Å²) < 4.78 is 0. The predicted octanol–water partition coefficient (Wildman–Crippen LogP) is 3.01. The van der Waals surface area contributed by atoms with Gasteiger partial charge in [-0.3, -0.25) is 14.5 Å². The van der Waals surface area contributed by atoms with E-state index in [4.69, 9.17) is 0 Å². The fraction of sp³-hybridized carbons (Fsp3) is 0.667. The highest BCUT2D eigenvalue weighted by molar-refractivity contribution is 5.82. The fourth-order valence-electron chi connectivity index (χ4n) is 4.70. The predicted molar refractivity (Wildman–Crippen MR) is 117 cm³/mol. The molecule has 1 saturated carbocycles. The lowest BCUT2D eigenvalue weighted by molar-refractivity contribution is -0.133. The first-order chi connectivity index (χ1) is 13.9. The summed E-state index contributed by atoms with van der Waals surface area (Å²) in [6, 6.07) is 8.22. The lowest BCUT2D eigenvalue weighted by Gasteiger charge is -2.39. The van der Waals surface area contributed by atoms with Gasteiger partial charge in [0.15, 0.2) is 0 Å². The summed E-state index contributed by atoms with van der Waals surface area (Å²) in [6.45, 7) is 11.5. The van der Waals surface area contributed by atoms with Gasteiger partial charge in [-0.2, -0.15) is 0 Å². The van der Waals surface area contributed by atoms with Crippen molar-refractivity contribution >= 4 is 11.8 Å². The van der Waals surface area contributed by atoms with E-state index in [1.165, 1.54) is 12.8 Å². The Morgan fingerprint density at radius 1 is 1.10 bits per heavy atom. The fourth-order valence-corrected chi connectivity index (χ4v) is 4.70. The maximum absolute atomic E-state index is 12.8. The number of amides is 2. The van der Waals surface area contributed by atoms with Crippen molar-refractivity contribution in [3.05, 3.63) is 35.4 Å². The molecule has 1 saturated heterocycles. The van der Waals surface area contributed by atoms with Gasteiger partial charge in [0, 0.05) is 32.2 Å². The molecule has 5 heteroatoms. The van der Waals surface area contributed by atoms with Crippen molar-refractivity contribution in [2.24, 2.45) is 11.8 Å². The molecule has 1 aliphatic carbocycles. The summed E-state index contributed by atoms with van der Waals surface area (Å²) in [7, 11) is 0. The minimum atomic E-state index is -0.145. The van der Waals surface area contributed by atoms with Crippen LogP contribution in [0.4, 0.5) is 0 Å². The van der Waals surface area contributed by atoms with Crippen LogP contribution in [0.1, 0.15) is 51.2 Å². The first kappa shape index (κ1) is 21.8. The molecule has 0 spiro atoms. The molecule has 0 bridgehead atoms. The lowest BCUT2D eigenvalue weighted by Crippen LogP contribution is -2.57. The number of benzene rings is 1. The zero-order valence-corrected chi connectivity index (χ0v) is 18.5.